The molecule has 1 atom stereocenters. The summed E-state index contributed by atoms with van der Waals surface area (Å²) in [6, 6.07) is 7.91. The van der Waals surface area contributed by atoms with E-state index in [0.717, 1.165) is 27.7 Å². The summed E-state index contributed by atoms with van der Waals surface area (Å²) in [4.78, 5) is 34.1. The topological polar surface area (TPSA) is 173 Å². The highest BCUT2D eigenvalue weighted by molar-refractivity contribution is 7.07. The SMILES string of the molecule is COc1nc(-c2cc(C(F)(F)F)nn2CC(C)(C)NC(=O)C(Cc2cnn(C)c2)N2CCc3c(-c4cc5cn[nH]c5cc4C#N)ccc(F)c3C2=O)ns1. The number of nitriles is 1. The van der Waals surface area contributed by atoms with Crippen molar-refractivity contribution in [2.45, 2.75) is 51.0 Å². The van der Waals surface area contributed by atoms with Gasteiger partial charge in [-0.15, -0.1) is 0 Å². The standard InChI is InChI=1S/C35H31F4N11O3S/c1-34(2,17-50-26(12-28(46-50)35(37,38)39)30-43-33(53-4)54-47-30)44-31(51)27(9-18-14-42-48(3)16-18)49-8-7-22-21(5-6-24(36)29(22)32(49)52)23-10-20-15-41-45-25(20)11-19(23)13-40/h5-6,10-12,14-16,27H,7-9,17H2,1-4H3,(H,41,45)(H,44,51). The first kappa shape index (κ1) is 36.2. The minimum Gasteiger partial charge on any atom is -0.472 e. The molecule has 14 nitrogen and oxygen atoms in total. The van der Waals surface area contributed by atoms with Gasteiger partial charge < -0.3 is 15.0 Å². The number of nitrogens with one attached hydrogen (secondary N) is 2. The second-order valence-electron chi connectivity index (χ2n) is 13.4. The van der Waals surface area contributed by atoms with Gasteiger partial charge in [-0.1, -0.05) is 6.07 Å². The van der Waals surface area contributed by atoms with Crippen molar-refractivity contribution < 1.29 is 31.9 Å². The smallest absolute Gasteiger partial charge is 0.435 e. The Kier molecular flexibility index (Phi) is 9.17. The molecule has 1 aliphatic heterocycles. The van der Waals surface area contributed by atoms with Crippen LogP contribution in [0, 0.1) is 17.1 Å². The number of amides is 2. The minimum atomic E-state index is -4.77. The highest BCUT2D eigenvalue weighted by Crippen LogP contribution is 2.37. The van der Waals surface area contributed by atoms with E-state index >= 15 is 4.39 Å². The van der Waals surface area contributed by atoms with E-state index in [2.05, 4.69) is 41.1 Å². The third kappa shape index (κ3) is 6.87. The molecule has 1 unspecified atom stereocenters. The Hall–Kier alpha value is -6.16. The Morgan fingerprint density at radius 3 is 2.67 bits per heavy atom. The van der Waals surface area contributed by atoms with Gasteiger partial charge in [-0.3, -0.25) is 24.1 Å². The van der Waals surface area contributed by atoms with Crippen LogP contribution in [-0.4, -0.2) is 81.1 Å². The predicted molar refractivity (Wildman–Crippen MR) is 187 cm³/mol. The number of carbonyl (C=O) groups is 2. The summed E-state index contributed by atoms with van der Waals surface area (Å²) in [5, 5.41) is 28.5. The molecule has 2 amide bonds. The molecule has 2 aromatic carbocycles. The summed E-state index contributed by atoms with van der Waals surface area (Å²) in [5.74, 6) is -2.19. The van der Waals surface area contributed by atoms with Gasteiger partial charge in [0.15, 0.2) is 11.5 Å². The van der Waals surface area contributed by atoms with E-state index in [9.17, 15) is 28.0 Å². The average Bonchev–Trinajstić information content (AvgIpc) is 3.93. The number of aryl methyl sites for hydroxylation is 1. The van der Waals surface area contributed by atoms with Gasteiger partial charge in [-0.05, 0) is 61.2 Å². The summed E-state index contributed by atoms with van der Waals surface area (Å²) < 4.78 is 68.9. The Bertz CT molecular complexity index is 2460. The summed E-state index contributed by atoms with van der Waals surface area (Å²) >= 11 is 0.855. The molecular weight excluding hydrogens is 731 g/mol. The first-order valence-corrected chi connectivity index (χ1v) is 17.3. The van der Waals surface area contributed by atoms with Crippen LogP contribution in [0.4, 0.5) is 17.6 Å². The summed E-state index contributed by atoms with van der Waals surface area (Å²) in [6.45, 7) is 2.97. The number of nitrogens with zero attached hydrogens (tertiary/aromatic N) is 9. The Balaban J connectivity index is 1.21. The fourth-order valence-electron chi connectivity index (χ4n) is 6.67. The van der Waals surface area contributed by atoms with Crippen molar-refractivity contribution in [1.29, 1.82) is 5.26 Å². The van der Waals surface area contributed by atoms with Crippen molar-refractivity contribution >= 4 is 34.2 Å². The van der Waals surface area contributed by atoms with Gasteiger partial charge in [0.25, 0.3) is 11.1 Å². The lowest BCUT2D eigenvalue weighted by Gasteiger charge is -2.37. The number of ether oxygens (including phenoxy) is 1. The maximum Gasteiger partial charge on any atom is 0.435 e. The molecule has 0 fully saturated rings. The lowest BCUT2D eigenvalue weighted by Crippen LogP contribution is -2.58. The molecule has 0 spiro atoms. The first-order valence-electron chi connectivity index (χ1n) is 16.5. The van der Waals surface area contributed by atoms with Gasteiger partial charge in [-0.25, -0.2) is 4.39 Å². The van der Waals surface area contributed by atoms with Crippen LogP contribution < -0.4 is 10.1 Å². The van der Waals surface area contributed by atoms with Crippen molar-refractivity contribution in [3.05, 3.63) is 82.7 Å². The number of hydrogen-bond acceptors (Lipinski definition) is 10. The van der Waals surface area contributed by atoms with Crippen LogP contribution in [0.1, 0.15) is 46.6 Å². The van der Waals surface area contributed by atoms with Crippen LogP contribution in [0.2, 0.25) is 0 Å². The quantitative estimate of drug-likeness (QED) is 0.184. The van der Waals surface area contributed by atoms with Gasteiger partial charge in [0.05, 0.1) is 54.3 Å². The molecule has 1 aliphatic rings. The molecule has 4 aromatic heterocycles. The molecule has 0 saturated carbocycles. The molecule has 0 radical (unpaired) electrons. The zero-order chi connectivity index (χ0) is 38.5. The number of halogens is 4. The van der Waals surface area contributed by atoms with Crippen LogP contribution in [0.15, 0.2) is 48.9 Å². The fourth-order valence-corrected chi connectivity index (χ4v) is 7.17. The summed E-state index contributed by atoms with van der Waals surface area (Å²) in [5.41, 5.74) is 0.294. The molecular formula is C35H31F4N11O3S. The second kappa shape index (κ2) is 13.7. The second-order valence-corrected chi connectivity index (χ2v) is 14.2. The van der Waals surface area contributed by atoms with Gasteiger partial charge in [0.1, 0.15) is 17.6 Å². The van der Waals surface area contributed by atoms with Gasteiger partial charge in [-0.2, -0.15) is 43.1 Å². The normalized spacial score (nSPS) is 13.9. The molecule has 0 saturated heterocycles. The maximum atomic E-state index is 15.7. The van der Waals surface area contributed by atoms with Crippen molar-refractivity contribution in [2.75, 3.05) is 13.7 Å². The molecule has 54 heavy (non-hydrogen) atoms. The molecule has 19 heteroatoms. The van der Waals surface area contributed by atoms with Crippen LogP contribution in [0.3, 0.4) is 0 Å². The predicted octanol–water partition coefficient (Wildman–Crippen LogP) is 4.92. The van der Waals surface area contributed by atoms with E-state index in [1.54, 1.807) is 51.6 Å². The van der Waals surface area contributed by atoms with E-state index < -0.39 is 41.1 Å². The van der Waals surface area contributed by atoms with Crippen molar-refractivity contribution in [3.63, 3.8) is 0 Å². The highest BCUT2D eigenvalue weighted by atomic mass is 32.1. The number of alkyl halides is 3. The Labute approximate surface area is 308 Å². The zero-order valence-electron chi connectivity index (χ0n) is 29.2. The highest BCUT2D eigenvalue weighted by Gasteiger charge is 2.40. The first-order chi connectivity index (χ1) is 25.7. The monoisotopic (exact) mass is 761 g/mol. The van der Waals surface area contributed by atoms with Crippen molar-refractivity contribution in [1.82, 2.24) is 49.3 Å². The Morgan fingerprint density at radius 1 is 1.19 bits per heavy atom. The number of fused-ring (bicyclic) bond motifs is 2. The molecule has 6 aromatic rings. The number of H-pyrrole nitrogens is 1. The Morgan fingerprint density at radius 2 is 1.98 bits per heavy atom. The van der Waals surface area contributed by atoms with Gasteiger partial charge >= 0.3 is 6.18 Å². The van der Waals surface area contributed by atoms with E-state index in [4.69, 9.17) is 4.74 Å². The maximum absolute atomic E-state index is 15.7. The van der Waals surface area contributed by atoms with Gasteiger partial charge in [0.2, 0.25) is 5.91 Å². The number of rotatable bonds is 10. The molecule has 0 bridgehead atoms. The van der Waals surface area contributed by atoms with E-state index in [1.807, 2.05) is 0 Å². The van der Waals surface area contributed by atoms with Crippen molar-refractivity contribution in [2.24, 2.45) is 7.05 Å². The van der Waals surface area contributed by atoms with Crippen molar-refractivity contribution in [3.8, 4) is 33.9 Å². The summed E-state index contributed by atoms with van der Waals surface area (Å²) in [6.07, 6.45) is 0.217. The number of carbonyl (C=O) groups excluding carboxylic acids is 2. The van der Waals surface area contributed by atoms with E-state index in [1.165, 1.54) is 28.8 Å². The average molecular weight is 762 g/mol. The number of methoxy groups -OCH3 is 1. The molecule has 0 aliphatic carbocycles. The van der Waals surface area contributed by atoms with Crippen LogP contribution in [-0.2, 0) is 37.4 Å². The van der Waals surface area contributed by atoms with Crippen LogP contribution in [0.5, 0.6) is 5.19 Å². The number of aromatic amines is 1. The molecule has 2 N–H and O–H groups in total. The molecule has 5 heterocycles. The molecule has 7 rings (SSSR count). The fraction of sp³-hybridized carbons (Fsp3) is 0.314. The zero-order valence-corrected chi connectivity index (χ0v) is 30.0. The van der Waals surface area contributed by atoms with E-state index in [-0.39, 0.29) is 48.2 Å². The lowest BCUT2D eigenvalue weighted by molar-refractivity contribution is -0.141. The summed E-state index contributed by atoms with van der Waals surface area (Å²) in [7, 11) is 3.05. The third-order valence-corrected chi connectivity index (χ3v) is 9.76. The minimum absolute atomic E-state index is 0.00164. The third-order valence-electron chi connectivity index (χ3n) is 9.08. The molecule has 278 valence electrons. The van der Waals surface area contributed by atoms with E-state index in [0.29, 0.717) is 33.3 Å². The number of hydrogen-bond donors (Lipinski definition) is 2. The van der Waals surface area contributed by atoms with Crippen LogP contribution in [0.25, 0.3) is 33.5 Å². The largest absolute Gasteiger partial charge is 0.472 e. The number of aromatic nitrogens is 8. The lowest BCUT2D eigenvalue weighted by atomic mass is 9.87. The van der Waals surface area contributed by atoms with Crippen LogP contribution >= 0.6 is 11.5 Å². The number of benzene rings is 2. The van der Waals surface area contributed by atoms with Gasteiger partial charge in [0, 0.05) is 48.7 Å².